The molecule has 3 rings (SSSR count). The first-order valence-electron chi connectivity index (χ1n) is 6.02. The maximum absolute atomic E-state index is 11.6. The minimum atomic E-state index is -0.608. The van der Waals surface area contributed by atoms with Crippen LogP contribution in [0.25, 0.3) is 11.3 Å². The van der Waals surface area contributed by atoms with E-state index in [0.29, 0.717) is 16.5 Å². The molecule has 0 radical (unpaired) electrons. The molecule has 21 heavy (non-hydrogen) atoms. The van der Waals surface area contributed by atoms with Crippen LogP contribution in [0.3, 0.4) is 0 Å². The van der Waals surface area contributed by atoms with Gasteiger partial charge in [-0.1, -0.05) is 21.9 Å². The summed E-state index contributed by atoms with van der Waals surface area (Å²) in [5.74, 6) is -0.00246. The molecule has 0 unspecified atom stereocenters. The first-order valence-corrected chi connectivity index (χ1v) is 6.39. The zero-order valence-corrected chi connectivity index (χ0v) is 11.4. The largest absolute Gasteiger partial charge is 0.453 e. The predicted octanol–water partition coefficient (Wildman–Crippen LogP) is 3.34. The van der Waals surface area contributed by atoms with E-state index in [0.717, 1.165) is 5.56 Å². The molecule has 7 heteroatoms. The van der Waals surface area contributed by atoms with Gasteiger partial charge >= 0.3 is 5.97 Å². The van der Waals surface area contributed by atoms with Gasteiger partial charge in [0.05, 0.1) is 6.20 Å². The van der Waals surface area contributed by atoms with Crippen molar-refractivity contribution in [3.05, 3.63) is 59.1 Å². The molecule has 0 N–H and O–H groups in total. The van der Waals surface area contributed by atoms with E-state index in [2.05, 4.69) is 14.8 Å². The van der Waals surface area contributed by atoms with Crippen molar-refractivity contribution >= 4 is 17.6 Å². The molecule has 0 fully saturated rings. The van der Waals surface area contributed by atoms with Crippen molar-refractivity contribution in [3.63, 3.8) is 0 Å². The molecule has 0 aliphatic heterocycles. The van der Waals surface area contributed by atoms with Gasteiger partial charge in [0.25, 0.3) is 0 Å². The Morgan fingerprint density at radius 2 is 2.00 bits per heavy atom. The van der Waals surface area contributed by atoms with E-state index in [1.807, 2.05) is 12.1 Å². The van der Waals surface area contributed by atoms with Gasteiger partial charge in [0.15, 0.2) is 5.76 Å². The Kier molecular flexibility index (Phi) is 3.70. The third-order valence-corrected chi connectivity index (χ3v) is 2.93. The molecule has 0 saturated heterocycles. The first-order chi connectivity index (χ1) is 10.2. The van der Waals surface area contributed by atoms with Crippen molar-refractivity contribution in [1.82, 2.24) is 10.3 Å². The van der Waals surface area contributed by atoms with Crippen LogP contribution in [0.1, 0.15) is 16.2 Å². The molecule has 3 aromatic rings. The lowest BCUT2D eigenvalue weighted by atomic mass is 10.2. The average Bonchev–Trinajstić information content (AvgIpc) is 3.17. The van der Waals surface area contributed by atoms with E-state index < -0.39 is 5.97 Å². The SMILES string of the molecule is O=C(OCc1cc(-c2ccc(Cl)cc2)on1)c1ccno1. The fraction of sp³-hybridized carbons (Fsp3) is 0.0714. The summed E-state index contributed by atoms with van der Waals surface area (Å²) < 4.78 is 14.9. The number of carbonyl (C=O) groups is 1. The number of aromatic nitrogens is 2. The fourth-order valence-corrected chi connectivity index (χ4v) is 1.79. The van der Waals surface area contributed by atoms with E-state index in [1.165, 1.54) is 12.3 Å². The highest BCUT2D eigenvalue weighted by molar-refractivity contribution is 6.30. The smallest absolute Gasteiger partial charge is 0.377 e. The summed E-state index contributed by atoms with van der Waals surface area (Å²) in [6, 6.07) is 10.2. The number of esters is 1. The summed E-state index contributed by atoms with van der Waals surface area (Å²) in [7, 11) is 0. The second-order valence-corrected chi connectivity index (χ2v) is 4.58. The number of rotatable bonds is 4. The van der Waals surface area contributed by atoms with Crippen LogP contribution in [0.15, 0.2) is 51.6 Å². The lowest BCUT2D eigenvalue weighted by Gasteiger charge is -1.97. The van der Waals surface area contributed by atoms with E-state index in [-0.39, 0.29) is 12.4 Å². The summed E-state index contributed by atoms with van der Waals surface area (Å²) >= 11 is 5.82. The van der Waals surface area contributed by atoms with Crippen molar-refractivity contribution in [2.75, 3.05) is 0 Å². The van der Waals surface area contributed by atoms with Crippen LogP contribution in [0, 0.1) is 0 Å². The number of carbonyl (C=O) groups excluding carboxylic acids is 1. The molecule has 0 aliphatic carbocycles. The van der Waals surface area contributed by atoms with Gasteiger partial charge in [-0.15, -0.1) is 0 Å². The molecular weight excluding hydrogens is 296 g/mol. The highest BCUT2D eigenvalue weighted by atomic mass is 35.5. The molecule has 106 valence electrons. The number of hydrogen-bond donors (Lipinski definition) is 0. The van der Waals surface area contributed by atoms with Gasteiger partial charge in [-0.25, -0.2) is 4.79 Å². The van der Waals surface area contributed by atoms with Crippen LogP contribution in [0.4, 0.5) is 0 Å². The van der Waals surface area contributed by atoms with Crippen molar-refractivity contribution in [2.24, 2.45) is 0 Å². The van der Waals surface area contributed by atoms with Crippen molar-refractivity contribution in [3.8, 4) is 11.3 Å². The molecule has 2 heterocycles. The molecular formula is C14H9ClN2O4. The third-order valence-electron chi connectivity index (χ3n) is 2.68. The lowest BCUT2D eigenvalue weighted by molar-refractivity contribution is 0.0417. The fourth-order valence-electron chi connectivity index (χ4n) is 1.66. The molecule has 2 aromatic heterocycles. The van der Waals surface area contributed by atoms with Crippen LogP contribution in [0.2, 0.25) is 5.02 Å². The van der Waals surface area contributed by atoms with Crippen molar-refractivity contribution in [1.29, 1.82) is 0 Å². The Hall–Kier alpha value is -2.60. The topological polar surface area (TPSA) is 78.4 Å². The third kappa shape index (κ3) is 3.11. The normalized spacial score (nSPS) is 10.5. The zero-order chi connectivity index (χ0) is 14.7. The number of benzene rings is 1. The number of halogens is 1. The number of ether oxygens (including phenoxy) is 1. The van der Waals surface area contributed by atoms with Crippen LogP contribution in [0.5, 0.6) is 0 Å². The predicted molar refractivity (Wildman–Crippen MR) is 72.6 cm³/mol. The molecule has 0 atom stereocenters. The van der Waals surface area contributed by atoms with E-state index in [9.17, 15) is 4.79 Å². The van der Waals surface area contributed by atoms with Crippen LogP contribution in [-0.4, -0.2) is 16.3 Å². The maximum atomic E-state index is 11.6. The average molecular weight is 305 g/mol. The second kappa shape index (κ2) is 5.80. The van der Waals surface area contributed by atoms with Gasteiger partial charge in [0.2, 0.25) is 5.76 Å². The molecule has 0 amide bonds. The Balaban J connectivity index is 1.65. The Morgan fingerprint density at radius 3 is 2.71 bits per heavy atom. The van der Waals surface area contributed by atoms with Crippen LogP contribution >= 0.6 is 11.6 Å². The van der Waals surface area contributed by atoms with Crippen LogP contribution in [-0.2, 0) is 11.3 Å². The number of hydrogen-bond acceptors (Lipinski definition) is 6. The van der Waals surface area contributed by atoms with Crippen molar-refractivity contribution in [2.45, 2.75) is 6.61 Å². The minimum absolute atomic E-state index is 0.0172. The van der Waals surface area contributed by atoms with Crippen LogP contribution < -0.4 is 0 Å². The Morgan fingerprint density at radius 1 is 1.19 bits per heavy atom. The van der Waals surface area contributed by atoms with E-state index >= 15 is 0 Å². The summed E-state index contributed by atoms with van der Waals surface area (Å²) in [4.78, 5) is 11.6. The summed E-state index contributed by atoms with van der Waals surface area (Å²) in [5, 5.41) is 7.90. The molecule has 1 aromatic carbocycles. The van der Waals surface area contributed by atoms with E-state index in [1.54, 1.807) is 18.2 Å². The monoisotopic (exact) mass is 304 g/mol. The zero-order valence-electron chi connectivity index (χ0n) is 10.7. The highest BCUT2D eigenvalue weighted by Gasteiger charge is 2.13. The van der Waals surface area contributed by atoms with Gasteiger partial charge in [-0.3, -0.25) is 0 Å². The van der Waals surface area contributed by atoms with Gasteiger partial charge < -0.3 is 13.8 Å². The molecule has 0 aliphatic rings. The molecule has 0 saturated carbocycles. The summed E-state index contributed by atoms with van der Waals surface area (Å²) in [5.41, 5.74) is 1.33. The van der Waals surface area contributed by atoms with Crippen molar-refractivity contribution < 1.29 is 18.6 Å². The minimum Gasteiger partial charge on any atom is -0.453 e. The summed E-state index contributed by atoms with van der Waals surface area (Å²) in [6.45, 7) is -0.0172. The quantitative estimate of drug-likeness (QED) is 0.688. The standard InChI is InChI=1S/C14H9ClN2O4/c15-10-3-1-9(2-4-10)13-7-11(17-21-13)8-19-14(18)12-5-6-16-20-12/h1-7H,8H2. The van der Waals surface area contributed by atoms with Gasteiger partial charge in [0, 0.05) is 22.7 Å². The molecule has 6 nitrogen and oxygen atoms in total. The summed E-state index contributed by atoms with van der Waals surface area (Å²) in [6.07, 6.45) is 1.37. The first kappa shape index (κ1) is 13.4. The maximum Gasteiger partial charge on any atom is 0.377 e. The lowest BCUT2D eigenvalue weighted by Crippen LogP contribution is -2.03. The van der Waals surface area contributed by atoms with Gasteiger partial charge in [-0.05, 0) is 24.3 Å². The second-order valence-electron chi connectivity index (χ2n) is 4.14. The Labute approximate surface area is 124 Å². The molecule has 0 bridgehead atoms. The Bertz CT molecular complexity index is 735. The number of nitrogens with zero attached hydrogens (tertiary/aromatic N) is 2. The van der Waals surface area contributed by atoms with E-state index in [4.69, 9.17) is 20.9 Å². The van der Waals surface area contributed by atoms with Gasteiger partial charge in [-0.2, -0.15) is 0 Å². The van der Waals surface area contributed by atoms with Gasteiger partial charge in [0.1, 0.15) is 12.3 Å². The highest BCUT2D eigenvalue weighted by Crippen LogP contribution is 2.22. The molecule has 0 spiro atoms.